The van der Waals surface area contributed by atoms with Crippen molar-refractivity contribution in [3.63, 3.8) is 0 Å². The van der Waals surface area contributed by atoms with Crippen LogP contribution in [0.1, 0.15) is 41.5 Å². The molecule has 0 aromatic heterocycles. The molecule has 3 nitrogen and oxygen atoms in total. The first kappa shape index (κ1) is 23.6. The first-order chi connectivity index (χ1) is 16.8. The van der Waals surface area contributed by atoms with E-state index in [1.165, 1.54) is 28.6 Å². The van der Waals surface area contributed by atoms with E-state index >= 15 is 0 Å². The molecule has 0 saturated carbocycles. The van der Waals surface area contributed by atoms with Crippen LogP contribution in [-0.2, 0) is 11.8 Å². The van der Waals surface area contributed by atoms with Crippen LogP contribution < -0.4 is 4.90 Å². The van der Waals surface area contributed by atoms with Crippen LogP contribution in [-0.4, -0.2) is 36.2 Å². The maximum absolute atomic E-state index is 13.1. The summed E-state index contributed by atoms with van der Waals surface area (Å²) in [5.41, 5.74) is 3.18. The molecule has 35 heavy (non-hydrogen) atoms. The van der Waals surface area contributed by atoms with Gasteiger partial charge in [0.15, 0.2) is 0 Å². The second kappa shape index (κ2) is 9.51. The van der Waals surface area contributed by atoms with Crippen molar-refractivity contribution in [3.05, 3.63) is 95.1 Å². The van der Waals surface area contributed by atoms with Crippen LogP contribution in [0.4, 0.5) is 24.5 Å². The average Bonchev–Trinajstić information content (AvgIpc) is 3.02. The highest BCUT2D eigenvalue weighted by atomic mass is 19.4. The van der Waals surface area contributed by atoms with Crippen LogP contribution in [0.25, 0.3) is 12.2 Å². The Balaban J connectivity index is 1.23. The molecule has 2 heterocycles. The molecule has 0 spiro atoms. The SMILES string of the molecule is OC1(c2cccc(C(F)(F)F)c2)CCN(CCCN2c3ccccc3C=Cc3ccccc32)CC1. The molecule has 0 atom stereocenters. The minimum absolute atomic E-state index is 0.359. The van der Waals surface area contributed by atoms with Gasteiger partial charge in [0.05, 0.1) is 11.2 Å². The van der Waals surface area contributed by atoms with Crippen LogP contribution >= 0.6 is 0 Å². The first-order valence-corrected chi connectivity index (χ1v) is 12.1. The van der Waals surface area contributed by atoms with Crippen molar-refractivity contribution in [2.45, 2.75) is 31.0 Å². The minimum atomic E-state index is -4.41. The fraction of sp³-hybridized carbons (Fsp3) is 0.310. The lowest BCUT2D eigenvalue weighted by atomic mass is 9.83. The van der Waals surface area contributed by atoms with Gasteiger partial charge in [0.1, 0.15) is 0 Å². The van der Waals surface area contributed by atoms with Gasteiger partial charge in [-0.3, -0.25) is 0 Å². The Morgan fingerprint density at radius 2 is 1.37 bits per heavy atom. The molecule has 0 unspecified atom stereocenters. The van der Waals surface area contributed by atoms with Crippen molar-refractivity contribution in [3.8, 4) is 0 Å². The molecule has 0 bridgehead atoms. The number of anilines is 2. The van der Waals surface area contributed by atoms with Gasteiger partial charge in [-0.1, -0.05) is 60.7 Å². The summed E-state index contributed by atoms with van der Waals surface area (Å²) in [4.78, 5) is 4.67. The average molecular weight is 479 g/mol. The smallest absolute Gasteiger partial charge is 0.385 e. The van der Waals surface area contributed by atoms with Crippen LogP contribution in [0, 0.1) is 0 Å². The van der Waals surface area contributed by atoms with Crippen molar-refractivity contribution in [1.82, 2.24) is 4.90 Å². The molecule has 2 aliphatic rings. The third-order valence-electron chi connectivity index (χ3n) is 7.16. The van der Waals surface area contributed by atoms with E-state index in [0.717, 1.165) is 31.6 Å². The van der Waals surface area contributed by atoms with Gasteiger partial charge < -0.3 is 14.9 Å². The zero-order chi connectivity index (χ0) is 24.5. The summed E-state index contributed by atoms with van der Waals surface area (Å²) >= 11 is 0. The van der Waals surface area contributed by atoms with Gasteiger partial charge in [-0.15, -0.1) is 0 Å². The monoisotopic (exact) mass is 478 g/mol. The maximum Gasteiger partial charge on any atom is 0.416 e. The summed E-state index contributed by atoms with van der Waals surface area (Å²) in [6, 6.07) is 21.9. The lowest BCUT2D eigenvalue weighted by Gasteiger charge is -2.39. The number of halogens is 3. The van der Waals surface area contributed by atoms with E-state index in [2.05, 4.69) is 70.5 Å². The fourth-order valence-corrected chi connectivity index (χ4v) is 5.17. The summed E-state index contributed by atoms with van der Waals surface area (Å²) in [7, 11) is 0. The lowest BCUT2D eigenvalue weighted by Crippen LogP contribution is -2.43. The van der Waals surface area contributed by atoms with Crippen LogP contribution in [0.5, 0.6) is 0 Å². The van der Waals surface area contributed by atoms with E-state index in [0.29, 0.717) is 31.5 Å². The number of nitrogens with zero attached hydrogens (tertiary/aromatic N) is 2. The Hall–Kier alpha value is -3.09. The van der Waals surface area contributed by atoms with Gasteiger partial charge in [0.2, 0.25) is 0 Å². The second-order valence-electron chi connectivity index (χ2n) is 9.41. The minimum Gasteiger partial charge on any atom is -0.385 e. The Bertz CT molecular complexity index is 1160. The van der Waals surface area contributed by atoms with Gasteiger partial charge in [0.25, 0.3) is 0 Å². The van der Waals surface area contributed by atoms with Gasteiger partial charge >= 0.3 is 6.18 Å². The molecule has 3 aromatic rings. The summed E-state index contributed by atoms with van der Waals surface area (Å²) in [5, 5.41) is 11.1. The van der Waals surface area contributed by atoms with E-state index in [4.69, 9.17) is 0 Å². The third kappa shape index (κ3) is 5.00. The first-order valence-electron chi connectivity index (χ1n) is 12.1. The summed E-state index contributed by atoms with van der Waals surface area (Å²) in [5.74, 6) is 0. The van der Waals surface area contributed by atoms with Crippen molar-refractivity contribution in [2.75, 3.05) is 31.1 Å². The van der Waals surface area contributed by atoms with Crippen molar-refractivity contribution < 1.29 is 18.3 Å². The number of benzene rings is 3. The van der Waals surface area contributed by atoms with E-state index in [1.54, 1.807) is 6.07 Å². The Labute approximate surface area is 204 Å². The predicted molar refractivity (Wildman–Crippen MR) is 134 cm³/mol. The van der Waals surface area contributed by atoms with E-state index in [-0.39, 0.29) is 0 Å². The highest BCUT2D eigenvalue weighted by molar-refractivity contribution is 5.88. The van der Waals surface area contributed by atoms with Gasteiger partial charge in [-0.25, -0.2) is 0 Å². The molecule has 1 fully saturated rings. The van der Waals surface area contributed by atoms with Gasteiger partial charge in [0, 0.05) is 31.0 Å². The third-order valence-corrected chi connectivity index (χ3v) is 7.16. The molecule has 0 amide bonds. The van der Waals surface area contributed by atoms with Gasteiger partial charge in [-0.2, -0.15) is 13.2 Å². The largest absolute Gasteiger partial charge is 0.416 e. The molecule has 1 saturated heterocycles. The lowest BCUT2D eigenvalue weighted by molar-refractivity contribution is -0.137. The molecule has 3 aromatic carbocycles. The molecule has 2 aliphatic heterocycles. The van der Waals surface area contributed by atoms with E-state index in [1.807, 2.05) is 0 Å². The molecular formula is C29H29F3N2O. The standard InChI is InChI=1S/C29H29F3N2O/c30-29(31,32)25-10-5-9-24(21-25)28(35)15-19-33(20-16-28)17-6-18-34-26-11-3-1-7-22(26)13-14-23-8-2-4-12-27(23)34/h1-5,7-14,21,35H,6,15-20H2. The number of piperidine rings is 1. The normalized spacial score (nSPS) is 17.5. The van der Waals surface area contributed by atoms with Crippen molar-refractivity contribution in [1.29, 1.82) is 0 Å². The Morgan fingerprint density at radius 1 is 0.771 bits per heavy atom. The summed E-state index contributed by atoms with van der Waals surface area (Å²) < 4.78 is 39.4. The molecule has 182 valence electrons. The number of para-hydroxylation sites is 2. The van der Waals surface area contributed by atoms with Crippen LogP contribution in [0.2, 0.25) is 0 Å². The molecule has 5 rings (SSSR count). The number of alkyl halides is 3. The zero-order valence-electron chi connectivity index (χ0n) is 19.5. The number of aliphatic hydroxyl groups is 1. The number of hydrogen-bond donors (Lipinski definition) is 1. The van der Waals surface area contributed by atoms with Crippen LogP contribution in [0.15, 0.2) is 72.8 Å². The fourth-order valence-electron chi connectivity index (χ4n) is 5.17. The molecule has 6 heteroatoms. The number of likely N-dealkylation sites (tertiary alicyclic amines) is 1. The Morgan fingerprint density at radius 3 is 1.97 bits per heavy atom. The molecular weight excluding hydrogens is 449 g/mol. The Kier molecular flexibility index (Phi) is 6.43. The number of hydrogen-bond acceptors (Lipinski definition) is 3. The number of fused-ring (bicyclic) bond motifs is 2. The second-order valence-corrected chi connectivity index (χ2v) is 9.41. The quantitative estimate of drug-likeness (QED) is 0.442. The summed E-state index contributed by atoms with van der Waals surface area (Å²) in [6.07, 6.45) is 1.69. The topological polar surface area (TPSA) is 26.7 Å². The van der Waals surface area contributed by atoms with Crippen molar-refractivity contribution >= 4 is 23.5 Å². The summed E-state index contributed by atoms with van der Waals surface area (Å²) in [6.45, 7) is 3.03. The highest BCUT2D eigenvalue weighted by Crippen LogP contribution is 2.38. The predicted octanol–water partition coefficient (Wildman–Crippen LogP) is 6.70. The van der Waals surface area contributed by atoms with E-state index < -0.39 is 17.3 Å². The van der Waals surface area contributed by atoms with Crippen LogP contribution in [0.3, 0.4) is 0 Å². The maximum atomic E-state index is 13.1. The molecule has 0 radical (unpaired) electrons. The van der Waals surface area contributed by atoms with Gasteiger partial charge in [-0.05, 0) is 66.8 Å². The molecule has 0 aliphatic carbocycles. The number of rotatable bonds is 5. The van der Waals surface area contributed by atoms with E-state index in [9.17, 15) is 18.3 Å². The van der Waals surface area contributed by atoms with Crippen molar-refractivity contribution in [2.24, 2.45) is 0 Å². The highest BCUT2D eigenvalue weighted by Gasteiger charge is 2.37. The molecule has 1 N–H and O–H groups in total. The zero-order valence-corrected chi connectivity index (χ0v) is 19.5.